The van der Waals surface area contributed by atoms with Gasteiger partial charge in [-0.05, 0) is 42.3 Å². The summed E-state index contributed by atoms with van der Waals surface area (Å²) < 4.78 is 1.67. The quantitative estimate of drug-likeness (QED) is 0.769. The van der Waals surface area contributed by atoms with E-state index < -0.39 is 0 Å². The highest BCUT2D eigenvalue weighted by Gasteiger charge is 2.13. The highest BCUT2D eigenvalue weighted by atomic mass is 15.5. The molecule has 7 nitrogen and oxygen atoms in total. The highest BCUT2D eigenvalue weighted by molar-refractivity contribution is 5.43. The molecule has 1 unspecified atom stereocenters. The van der Waals surface area contributed by atoms with Crippen LogP contribution in [-0.4, -0.2) is 44.7 Å². The molecule has 7 heteroatoms. The van der Waals surface area contributed by atoms with Crippen molar-refractivity contribution in [2.75, 3.05) is 25.0 Å². The largest absolute Gasteiger partial charge is 0.369 e. The smallest absolute Gasteiger partial charge is 0.199 e. The molecule has 0 amide bonds. The molecule has 0 spiro atoms. The fourth-order valence-electron chi connectivity index (χ4n) is 2.16. The number of hydrogen-bond acceptors (Lipinski definition) is 6. The monoisotopic (exact) mass is 233 g/mol. The zero-order chi connectivity index (χ0) is 11.5. The summed E-state index contributed by atoms with van der Waals surface area (Å²) in [5.41, 5.74) is 0.664. The summed E-state index contributed by atoms with van der Waals surface area (Å²) in [4.78, 5) is 4.10. The van der Waals surface area contributed by atoms with Gasteiger partial charge in [0.1, 0.15) is 5.82 Å². The molecule has 1 aliphatic rings. The summed E-state index contributed by atoms with van der Waals surface area (Å²) in [5, 5.41) is 18.1. The molecule has 0 bridgehead atoms. The zero-order valence-corrected chi connectivity index (χ0v) is 9.50. The van der Waals surface area contributed by atoms with Gasteiger partial charge in [0.2, 0.25) is 0 Å². The third-order valence-electron chi connectivity index (χ3n) is 3.13. The average Bonchev–Trinajstić information content (AvgIpc) is 2.99. The molecule has 0 saturated carbocycles. The number of nitrogens with one attached hydrogen (secondary N) is 2. The molecule has 0 aliphatic carbocycles. The molecule has 17 heavy (non-hydrogen) atoms. The Kier molecular flexibility index (Phi) is 2.83. The Morgan fingerprint density at radius 1 is 1.47 bits per heavy atom. The predicted octanol–water partition coefficient (Wildman–Crippen LogP) is -0.0692. The first-order chi connectivity index (χ1) is 8.43. The Labute approximate surface area is 98.6 Å². The summed E-state index contributed by atoms with van der Waals surface area (Å²) in [6, 6.07) is 0. The van der Waals surface area contributed by atoms with E-state index in [1.165, 1.54) is 6.42 Å². The minimum Gasteiger partial charge on any atom is -0.369 e. The Morgan fingerprint density at radius 2 is 2.47 bits per heavy atom. The van der Waals surface area contributed by atoms with E-state index in [4.69, 9.17) is 0 Å². The van der Waals surface area contributed by atoms with Crippen molar-refractivity contribution < 1.29 is 0 Å². The van der Waals surface area contributed by atoms with Crippen LogP contribution in [-0.2, 0) is 0 Å². The van der Waals surface area contributed by atoms with Gasteiger partial charge < -0.3 is 10.6 Å². The van der Waals surface area contributed by atoms with E-state index in [-0.39, 0.29) is 0 Å². The van der Waals surface area contributed by atoms with E-state index in [1.54, 1.807) is 16.9 Å². The summed E-state index contributed by atoms with van der Waals surface area (Å²) in [5.74, 6) is 1.63. The van der Waals surface area contributed by atoms with E-state index in [0.717, 1.165) is 37.8 Å². The Bertz CT molecular complexity index is 488. The van der Waals surface area contributed by atoms with Gasteiger partial charge in [0.05, 0.1) is 12.4 Å². The number of hydrogen-bond donors (Lipinski definition) is 2. The highest BCUT2D eigenvalue weighted by Crippen LogP contribution is 2.12. The second-order valence-electron chi connectivity index (χ2n) is 4.32. The van der Waals surface area contributed by atoms with Crippen LogP contribution in [0, 0.1) is 5.92 Å². The van der Waals surface area contributed by atoms with Crippen LogP contribution in [0.2, 0.25) is 0 Å². The molecule has 1 atom stereocenters. The van der Waals surface area contributed by atoms with Crippen molar-refractivity contribution in [3.05, 3.63) is 12.4 Å². The first-order valence-corrected chi connectivity index (χ1v) is 5.90. The minimum atomic E-state index is 0.664. The second kappa shape index (κ2) is 4.62. The van der Waals surface area contributed by atoms with Crippen molar-refractivity contribution in [2.45, 2.75) is 12.8 Å². The van der Waals surface area contributed by atoms with Gasteiger partial charge in [-0.3, -0.25) is 4.98 Å². The van der Waals surface area contributed by atoms with Crippen LogP contribution in [0.5, 0.6) is 0 Å². The molecule has 1 saturated heterocycles. The molecular weight excluding hydrogens is 218 g/mol. The molecule has 0 radical (unpaired) electrons. The molecule has 1 aliphatic heterocycles. The van der Waals surface area contributed by atoms with Crippen LogP contribution < -0.4 is 10.6 Å². The average molecular weight is 233 g/mol. The number of fused-ring (bicyclic) bond motifs is 1. The van der Waals surface area contributed by atoms with Crippen molar-refractivity contribution in [3.8, 4) is 0 Å². The molecule has 1 fully saturated rings. The number of tetrazole rings is 1. The molecule has 2 N–H and O–H groups in total. The lowest BCUT2D eigenvalue weighted by molar-refractivity contribution is 0.548. The normalized spacial score (nSPS) is 19.9. The van der Waals surface area contributed by atoms with Gasteiger partial charge in [-0.1, -0.05) is 0 Å². The lowest BCUT2D eigenvalue weighted by Gasteiger charge is -2.10. The zero-order valence-electron chi connectivity index (χ0n) is 9.50. The van der Waals surface area contributed by atoms with E-state index in [2.05, 4.69) is 31.1 Å². The Hall–Kier alpha value is -1.76. The Balaban J connectivity index is 1.62. The molecule has 3 heterocycles. The van der Waals surface area contributed by atoms with E-state index in [9.17, 15) is 0 Å². The van der Waals surface area contributed by atoms with E-state index in [1.807, 2.05) is 0 Å². The van der Waals surface area contributed by atoms with Gasteiger partial charge in [-0.15, -0.1) is 5.10 Å². The summed E-state index contributed by atoms with van der Waals surface area (Å²) >= 11 is 0. The summed E-state index contributed by atoms with van der Waals surface area (Å²) in [6.07, 6.45) is 5.82. The lowest BCUT2D eigenvalue weighted by atomic mass is 10.1. The van der Waals surface area contributed by atoms with E-state index in [0.29, 0.717) is 5.65 Å². The van der Waals surface area contributed by atoms with Gasteiger partial charge in [-0.25, -0.2) is 0 Å². The number of anilines is 1. The van der Waals surface area contributed by atoms with Crippen molar-refractivity contribution >= 4 is 11.5 Å². The number of aromatic nitrogens is 5. The van der Waals surface area contributed by atoms with Crippen LogP contribution in [0.15, 0.2) is 12.4 Å². The van der Waals surface area contributed by atoms with Crippen LogP contribution in [0.4, 0.5) is 5.82 Å². The van der Waals surface area contributed by atoms with Crippen LogP contribution >= 0.6 is 0 Å². The molecule has 90 valence electrons. The third kappa shape index (κ3) is 2.19. The van der Waals surface area contributed by atoms with Crippen molar-refractivity contribution in [3.63, 3.8) is 0 Å². The maximum atomic E-state index is 4.10. The van der Waals surface area contributed by atoms with Crippen molar-refractivity contribution in [1.82, 2.24) is 30.3 Å². The van der Waals surface area contributed by atoms with Crippen LogP contribution in [0.1, 0.15) is 12.8 Å². The Morgan fingerprint density at radius 3 is 3.35 bits per heavy atom. The fraction of sp³-hybridized carbons (Fsp3) is 0.600. The summed E-state index contributed by atoms with van der Waals surface area (Å²) in [6.45, 7) is 3.21. The van der Waals surface area contributed by atoms with Crippen molar-refractivity contribution in [2.24, 2.45) is 5.92 Å². The van der Waals surface area contributed by atoms with Gasteiger partial charge >= 0.3 is 0 Å². The first-order valence-electron chi connectivity index (χ1n) is 5.90. The molecule has 2 aromatic heterocycles. The van der Waals surface area contributed by atoms with Crippen molar-refractivity contribution in [1.29, 1.82) is 0 Å². The first kappa shape index (κ1) is 10.4. The van der Waals surface area contributed by atoms with Crippen LogP contribution in [0.25, 0.3) is 5.65 Å². The predicted molar refractivity (Wildman–Crippen MR) is 62.7 cm³/mol. The standard InChI is InChI=1S/C10H15N7/c1-3-11-5-8(1)2-4-13-9-6-12-7-10-14-15-16-17(9)10/h6-8,11,13H,1-5H2. The van der Waals surface area contributed by atoms with Gasteiger partial charge in [-0.2, -0.15) is 4.52 Å². The summed E-state index contributed by atoms with van der Waals surface area (Å²) in [7, 11) is 0. The molecular formula is C10H15N7. The van der Waals surface area contributed by atoms with Crippen LogP contribution in [0.3, 0.4) is 0 Å². The third-order valence-corrected chi connectivity index (χ3v) is 3.13. The second-order valence-corrected chi connectivity index (χ2v) is 4.32. The van der Waals surface area contributed by atoms with E-state index >= 15 is 0 Å². The topological polar surface area (TPSA) is 80.0 Å². The van der Waals surface area contributed by atoms with Gasteiger partial charge in [0, 0.05) is 6.54 Å². The molecule has 0 aromatic carbocycles. The maximum absolute atomic E-state index is 4.10. The molecule has 2 aromatic rings. The SMILES string of the molecule is c1ncc2nnnn2c1NCCC1CCNC1. The fourth-order valence-corrected chi connectivity index (χ4v) is 2.16. The minimum absolute atomic E-state index is 0.664. The molecule has 3 rings (SSSR count). The van der Waals surface area contributed by atoms with Gasteiger partial charge in [0.25, 0.3) is 0 Å². The van der Waals surface area contributed by atoms with Gasteiger partial charge in [0.15, 0.2) is 5.65 Å². The maximum Gasteiger partial charge on any atom is 0.199 e. The number of nitrogens with zero attached hydrogens (tertiary/aromatic N) is 5. The lowest BCUT2D eigenvalue weighted by Crippen LogP contribution is -2.14. The number of rotatable bonds is 4.